The van der Waals surface area contributed by atoms with Crippen LogP contribution in [0.1, 0.15) is 31.4 Å². The van der Waals surface area contributed by atoms with E-state index in [4.69, 9.17) is 5.26 Å². The Morgan fingerprint density at radius 1 is 1.18 bits per heavy atom. The highest BCUT2D eigenvalue weighted by atomic mass is 16.2. The molecule has 2 aromatic carbocycles. The van der Waals surface area contributed by atoms with Gasteiger partial charge in [0.15, 0.2) is 0 Å². The van der Waals surface area contributed by atoms with E-state index < -0.39 is 0 Å². The molecule has 0 bridgehead atoms. The lowest BCUT2D eigenvalue weighted by Gasteiger charge is -2.27. The first-order valence-corrected chi connectivity index (χ1v) is 9.22. The summed E-state index contributed by atoms with van der Waals surface area (Å²) >= 11 is 0. The van der Waals surface area contributed by atoms with Gasteiger partial charge in [-0.15, -0.1) is 0 Å². The van der Waals surface area contributed by atoms with Crippen molar-refractivity contribution >= 4 is 16.8 Å². The molecular weight excluding hydrogens is 352 g/mol. The fourth-order valence-corrected chi connectivity index (χ4v) is 3.07. The Morgan fingerprint density at radius 2 is 1.89 bits per heavy atom. The van der Waals surface area contributed by atoms with Crippen molar-refractivity contribution in [1.29, 1.82) is 5.26 Å². The molecule has 1 aromatic heterocycles. The van der Waals surface area contributed by atoms with Crippen LogP contribution in [-0.4, -0.2) is 26.4 Å². The molecule has 1 heterocycles. The van der Waals surface area contributed by atoms with E-state index in [1.54, 1.807) is 35.2 Å². The van der Waals surface area contributed by atoms with Crippen LogP contribution in [0.5, 0.6) is 0 Å². The Kier molecular flexibility index (Phi) is 5.85. The van der Waals surface area contributed by atoms with Gasteiger partial charge < -0.3 is 4.90 Å². The Morgan fingerprint density at radius 3 is 2.57 bits per heavy atom. The number of hydrogen-bond acceptors (Lipinski definition) is 4. The average molecular weight is 374 g/mol. The minimum absolute atomic E-state index is 0.0228. The summed E-state index contributed by atoms with van der Waals surface area (Å²) in [4.78, 5) is 31.4. The number of fused-ring (bicyclic) bond motifs is 1. The van der Waals surface area contributed by atoms with Gasteiger partial charge in [-0.1, -0.05) is 24.3 Å². The van der Waals surface area contributed by atoms with Crippen molar-refractivity contribution in [3.8, 4) is 6.07 Å². The molecule has 6 heteroatoms. The number of para-hydroxylation sites is 1. The first-order chi connectivity index (χ1) is 13.5. The predicted molar refractivity (Wildman–Crippen MR) is 107 cm³/mol. The minimum atomic E-state index is -0.137. The van der Waals surface area contributed by atoms with E-state index in [1.165, 1.54) is 10.9 Å². The van der Waals surface area contributed by atoms with Crippen LogP contribution in [-0.2, 0) is 17.9 Å². The molecule has 1 amide bonds. The largest absolute Gasteiger partial charge is 0.336 e. The topological polar surface area (TPSA) is 79.0 Å². The maximum atomic E-state index is 12.8. The van der Waals surface area contributed by atoms with Gasteiger partial charge in [-0.3, -0.25) is 14.2 Å². The number of hydrogen-bond donors (Lipinski definition) is 0. The number of carbonyl (C=O) groups excluding carboxylic acids is 1. The summed E-state index contributed by atoms with van der Waals surface area (Å²) in [6, 6.07) is 16.5. The summed E-state index contributed by atoms with van der Waals surface area (Å²) in [6.45, 7) is 4.68. The second kappa shape index (κ2) is 8.49. The molecule has 0 saturated heterocycles. The quantitative estimate of drug-likeness (QED) is 0.664. The first kappa shape index (κ1) is 19.3. The fourth-order valence-electron chi connectivity index (χ4n) is 3.07. The molecule has 3 rings (SSSR count). The van der Waals surface area contributed by atoms with Crippen molar-refractivity contribution in [3.63, 3.8) is 0 Å². The van der Waals surface area contributed by atoms with Crippen LogP contribution in [0.15, 0.2) is 59.7 Å². The Balaban J connectivity index is 1.71. The lowest BCUT2D eigenvalue weighted by atomic mass is 10.1. The van der Waals surface area contributed by atoms with Gasteiger partial charge >= 0.3 is 0 Å². The molecule has 0 aliphatic carbocycles. The van der Waals surface area contributed by atoms with Gasteiger partial charge in [0.2, 0.25) is 5.91 Å². The Bertz CT molecular complexity index is 1080. The third-order valence-corrected chi connectivity index (χ3v) is 4.68. The Labute approximate surface area is 163 Å². The summed E-state index contributed by atoms with van der Waals surface area (Å²) < 4.78 is 1.49. The van der Waals surface area contributed by atoms with E-state index in [0.29, 0.717) is 23.0 Å². The van der Waals surface area contributed by atoms with Crippen molar-refractivity contribution in [1.82, 2.24) is 14.5 Å². The van der Waals surface area contributed by atoms with Gasteiger partial charge in [-0.25, -0.2) is 4.98 Å². The molecule has 6 nitrogen and oxygen atoms in total. The number of nitrogens with zero attached hydrogens (tertiary/aromatic N) is 4. The van der Waals surface area contributed by atoms with Crippen LogP contribution in [0.3, 0.4) is 0 Å². The fraction of sp³-hybridized carbons (Fsp3) is 0.273. The highest BCUT2D eigenvalue weighted by Gasteiger charge is 2.17. The average Bonchev–Trinajstić information content (AvgIpc) is 2.71. The maximum absolute atomic E-state index is 12.8. The molecule has 0 aliphatic heterocycles. The number of nitriles is 1. The number of carbonyl (C=O) groups is 1. The predicted octanol–water partition coefficient (Wildman–Crippen LogP) is 3.10. The van der Waals surface area contributed by atoms with Gasteiger partial charge in [0, 0.05) is 25.6 Å². The van der Waals surface area contributed by atoms with E-state index in [0.717, 1.165) is 5.56 Å². The van der Waals surface area contributed by atoms with E-state index >= 15 is 0 Å². The summed E-state index contributed by atoms with van der Waals surface area (Å²) in [6.07, 6.45) is 1.71. The van der Waals surface area contributed by atoms with Crippen LogP contribution in [0.25, 0.3) is 10.9 Å². The van der Waals surface area contributed by atoms with Crippen LogP contribution in [0, 0.1) is 11.3 Å². The molecule has 0 spiro atoms. The van der Waals surface area contributed by atoms with E-state index in [2.05, 4.69) is 11.1 Å². The second-order valence-corrected chi connectivity index (χ2v) is 6.93. The summed E-state index contributed by atoms with van der Waals surface area (Å²) in [5, 5.41) is 9.46. The zero-order valence-electron chi connectivity index (χ0n) is 16.0. The number of aromatic nitrogens is 2. The van der Waals surface area contributed by atoms with Crippen LogP contribution in [0.2, 0.25) is 0 Å². The van der Waals surface area contributed by atoms with E-state index in [9.17, 15) is 9.59 Å². The molecule has 142 valence electrons. The number of benzene rings is 2. The molecule has 0 unspecified atom stereocenters. The summed E-state index contributed by atoms with van der Waals surface area (Å²) in [7, 11) is 0. The third-order valence-electron chi connectivity index (χ3n) is 4.68. The highest BCUT2D eigenvalue weighted by molar-refractivity contribution is 5.77. The number of aryl methyl sites for hydroxylation is 1. The van der Waals surface area contributed by atoms with Gasteiger partial charge in [0.1, 0.15) is 0 Å². The highest BCUT2D eigenvalue weighted by Crippen LogP contribution is 2.12. The normalized spacial score (nSPS) is 10.8. The smallest absolute Gasteiger partial charge is 0.261 e. The monoisotopic (exact) mass is 374 g/mol. The Hall–Kier alpha value is -3.46. The van der Waals surface area contributed by atoms with Crippen molar-refractivity contribution in [2.45, 2.75) is 39.4 Å². The third kappa shape index (κ3) is 4.26. The lowest BCUT2D eigenvalue weighted by molar-refractivity contribution is -0.133. The molecule has 0 radical (unpaired) electrons. The maximum Gasteiger partial charge on any atom is 0.261 e. The van der Waals surface area contributed by atoms with Crippen LogP contribution in [0.4, 0.5) is 0 Å². The molecule has 0 aliphatic rings. The molecule has 0 fully saturated rings. The van der Waals surface area contributed by atoms with Gasteiger partial charge in [0.25, 0.3) is 5.56 Å². The zero-order valence-corrected chi connectivity index (χ0v) is 16.0. The molecule has 0 N–H and O–H groups in total. The SMILES string of the molecule is CC(C)N(Cc1ccc(C#N)cc1)C(=O)CCn1cnc2ccccc2c1=O. The van der Waals surface area contributed by atoms with Crippen molar-refractivity contribution in [2.24, 2.45) is 0 Å². The van der Waals surface area contributed by atoms with Gasteiger partial charge in [0.05, 0.1) is 28.9 Å². The first-order valence-electron chi connectivity index (χ1n) is 9.22. The molecule has 0 atom stereocenters. The summed E-state index contributed by atoms with van der Waals surface area (Å²) in [5.41, 5.74) is 2.07. The second-order valence-electron chi connectivity index (χ2n) is 6.93. The van der Waals surface area contributed by atoms with Crippen molar-refractivity contribution in [3.05, 3.63) is 76.3 Å². The van der Waals surface area contributed by atoms with Crippen LogP contribution < -0.4 is 5.56 Å². The number of rotatable bonds is 6. The molecule has 3 aromatic rings. The standard InChI is InChI=1S/C22H22N4O2/c1-16(2)26(14-18-9-7-17(13-23)8-10-18)21(27)11-12-25-15-24-20-6-4-3-5-19(20)22(25)28/h3-10,15-16H,11-12,14H2,1-2H3. The van der Waals surface area contributed by atoms with E-state index in [1.807, 2.05) is 32.0 Å². The molecule has 28 heavy (non-hydrogen) atoms. The summed E-state index contributed by atoms with van der Waals surface area (Å²) in [5.74, 6) is -0.0283. The zero-order chi connectivity index (χ0) is 20.1. The van der Waals surface area contributed by atoms with E-state index in [-0.39, 0.29) is 30.5 Å². The van der Waals surface area contributed by atoms with Crippen molar-refractivity contribution in [2.75, 3.05) is 0 Å². The number of amides is 1. The minimum Gasteiger partial charge on any atom is -0.336 e. The van der Waals surface area contributed by atoms with Gasteiger partial charge in [-0.05, 0) is 43.7 Å². The lowest BCUT2D eigenvalue weighted by Crippen LogP contribution is -2.37. The van der Waals surface area contributed by atoms with Crippen molar-refractivity contribution < 1.29 is 4.79 Å². The van der Waals surface area contributed by atoms with Gasteiger partial charge in [-0.2, -0.15) is 5.26 Å². The van der Waals surface area contributed by atoms with Crippen LogP contribution >= 0.6 is 0 Å². The molecular formula is C22H22N4O2. The molecule has 0 saturated carbocycles.